The van der Waals surface area contributed by atoms with Crippen LogP contribution in [0.25, 0.3) is 11.0 Å². The predicted molar refractivity (Wildman–Crippen MR) is 123 cm³/mol. The molecule has 3 heterocycles. The molecular weight excluding hydrogens is 480 g/mol. The van der Waals surface area contributed by atoms with E-state index < -0.39 is 12.1 Å². The maximum atomic E-state index is 15.2. The second-order valence-corrected chi connectivity index (χ2v) is 9.13. The molecule has 2 N–H and O–H groups in total. The van der Waals surface area contributed by atoms with E-state index in [9.17, 15) is 23.2 Å². The van der Waals surface area contributed by atoms with Crippen molar-refractivity contribution >= 4 is 22.7 Å². The number of likely N-dealkylation sites (tertiary alicyclic amines) is 1. The molecule has 2 aliphatic rings. The summed E-state index contributed by atoms with van der Waals surface area (Å²) in [4.78, 5) is 22.1. The molecule has 1 aromatic carbocycles. The maximum Gasteiger partial charge on any atom is 0.573 e. The second-order valence-electron chi connectivity index (χ2n) is 9.13. The molecule has 1 aliphatic heterocycles. The first-order valence-electron chi connectivity index (χ1n) is 11.8. The number of aromatic amines is 1. The van der Waals surface area contributed by atoms with Crippen LogP contribution in [0.3, 0.4) is 0 Å². The number of rotatable bonds is 3. The summed E-state index contributed by atoms with van der Waals surface area (Å²) in [6.07, 6.45) is 0.0126. The standard InChI is InChI=1S/C25H24F4N4O3/c26-19-13-30-23-22(18-7-3-16(32-35)4-8-20(18)31-23)21(19)14-9-11-33(12-10-14)24(34)15-1-5-17(6-2-15)36-25(27,28)29/h1-2,5-6,13-14,35H,3-4,7-12H2,(H,30,31)/b32-16+. The van der Waals surface area contributed by atoms with E-state index in [1.54, 1.807) is 4.90 Å². The van der Waals surface area contributed by atoms with Crippen molar-refractivity contribution in [1.82, 2.24) is 14.9 Å². The van der Waals surface area contributed by atoms with Crippen molar-refractivity contribution < 1.29 is 32.3 Å². The first kappa shape index (κ1) is 24.1. The number of nitrogens with one attached hydrogen (secondary N) is 1. The number of fused-ring (bicyclic) bond motifs is 3. The molecule has 3 aromatic rings. The summed E-state index contributed by atoms with van der Waals surface area (Å²) in [5, 5.41) is 13.3. The number of aromatic nitrogens is 2. The van der Waals surface area contributed by atoms with E-state index in [1.807, 2.05) is 0 Å². The summed E-state index contributed by atoms with van der Waals surface area (Å²) in [6, 6.07) is 4.84. The Balaban J connectivity index is 1.33. The first-order chi connectivity index (χ1) is 17.2. The van der Waals surface area contributed by atoms with Crippen molar-refractivity contribution in [3.63, 3.8) is 0 Å². The number of carbonyl (C=O) groups is 1. The summed E-state index contributed by atoms with van der Waals surface area (Å²) in [5.41, 5.74) is 4.20. The number of pyridine rings is 1. The van der Waals surface area contributed by atoms with Crippen molar-refractivity contribution in [2.75, 3.05) is 13.1 Å². The number of hydrogen-bond acceptors (Lipinski definition) is 5. The van der Waals surface area contributed by atoms with Crippen molar-refractivity contribution in [2.24, 2.45) is 5.16 Å². The van der Waals surface area contributed by atoms with Gasteiger partial charge >= 0.3 is 6.36 Å². The average molecular weight is 504 g/mol. The minimum atomic E-state index is -4.80. The molecule has 1 saturated heterocycles. The van der Waals surface area contributed by atoms with Gasteiger partial charge in [-0.3, -0.25) is 4.79 Å². The molecule has 7 nitrogen and oxygen atoms in total. The van der Waals surface area contributed by atoms with Gasteiger partial charge in [0, 0.05) is 35.3 Å². The number of aryl methyl sites for hydroxylation is 2. The van der Waals surface area contributed by atoms with Gasteiger partial charge in [-0.15, -0.1) is 13.2 Å². The molecule has 0 saturated carbocycles. The van der Waals surface area contributed by atoms with E-state index in [1.165, 1.54) is 18.3 Å². The number of nitrogens with zero attached hydrogens (tertiary/aromatic N) is 3. The predicted octanol–water partition coefficient (Wildman–Crippen LogP) is 5.33. The fourth-order valence-corrected chi connectivity index (χ4v) is 5.28. The Morgan fingerprint density at radius 1 is 1.11 bits per heavy atom. The molecule has 0 atom stereocenters. The zero-order valence-electron chi connectivity index (χ0n) is 19.2. The van der Waals surface area contributed by atoms with Crippen molar-refractivity contribution in [3.05, 3.63) is 58.7 Å². The SMILES string of the molecule is O=C(c1ccc(OC(F)(F)F)cc1)N1CCC(c2c(F)cnc3[nH]c4c(c23)CC/C(=N\O)CC4)CC1. The molecule has 0 radical (unpaired) electrons. The highest BCUT2D eigenvalue weighted by Crippen LogP contribution is 2.38. The highest BCUT2D eigenvalue weighted by atomic mass is 19.4. The van der Waals surface area contributed by atoms with Crippen LogP contribution in [0, 0.1) is 5.82 Å². The molecule has 1 amide bonds. The third kappa shape index (κ3) is 4.74. The molecule has 190 valence electrons. The van der Waals surface area contributed by atoms with Gasteiger partial charge in [-0.25, -0.2) is 9.37 Å². The highest BCUT2D eigenvalue weighted by Gasteiger charge is 2.32. The average Bonchev–Trinajstić information content (AvgIpc) is 3.08. The number of piperidine rings is 1. The van der Waals surface area contributed by atoms with Crippen LogP contribution in [0.2, 0.25) is 0 Å². The molecule has 5 rings (SSSR count). The van der Waals surface area contributed by atoms with Crippen LogP contribution in [-0.2, 0) is 12.8 Å². The number of hydrogen-bond donors (Lipinski definition) is 2. The summed E-state index contributed by atoms with van der Waals surface area (Å²) in [7, 11) is 0. The molecular formula is C25H24F4N4O3. The molecule has 2 aromatic heterocycles. The fourth-order valence-electron chi connectivity index (χ4n) is 5.28. The molecule has 11 heteroatoms. The zero-order valence-corrected chi connectivity index (χ0v) is 19.2. The molecule has 1 aliphatic carbocycles. The lowest BCUT2D eigenvalue weighted by Gasteiger charge is -2.33. The van der Waals surface area contributed by atoms with Gasteiger partial charge < -0.3 is 19.8 Å². The Labute approximate surface area is 203 Å². The number of halogens is 4. The number of benzene rings is 1. The Bertz CT molecular complexity index is 1310. The smallest absolute Gasteiger partial charge is 0.411 e. The number of ether oxygens (including phenoxy) is 1. The Morgan fingerprint density at radius 3 is 2.47 bits per heavy atom. The topological polar surface area (TPSA) is 90.8 Å². The zero-order chi connectivity index (χ0) is 25.4. The monoisotopic (exact) mass is 504 g/mol. The second kappa shape index (κ2) is 9.44. The van der Waals surface area contributed by atoms with Crippen molar-refractivity contribution in [2.45, 2.75) is 50.8 Å². The van der Waals surface area contributed by atoms with E-state index in [-0.39, 0.29) is 23.2 Å². The number of carbonyl (C=O) groups excluding carboxylic acids is 1. The lowest BCUT2D eigenvalue weighted by molar-refractivity contribution is -0.274. The van der Waals surface area contributed by atoms with E-state index >= 15 is 4.39 Å². The van der Waals surface area contributed by atoms with Gasteiger partial charge in [0.05, 0.1) is 11.9 Å². The summed E-state index contributed by atoms with van der Waals surface area (Å²) in [6.45, 7) is 0.781. The van der Waals surface area contributed by atoms with Gasteiger partial charge in [0.15, 0.2) is 0 Å². The first-order valence-corrected chi connectivity index (χ1v) is 11.8. The van der Waals surface area contributed by atoms with Gasteiger partial charge in [-0.2, -0.15) is 0 Å². The van der Waals surface area contributed by atoms with Gasteiger partial charge in [0.1, 0.15) is 17.2 Å². The van der Waals surface area contributed by atoms with Gasteiger partial charge in [-0.1, -0.05) is 5.16 Å². The number of amides is 1. The van der Waals surface area contributed by atoms with Crippen LogP contribution in [0.1, 0.15) is 58.8 Å². The van der Waals surface area contributed by atoms with E-state index in [4.69, 9.17) is 0 Å². The quantitative estimate of drug-likeness (QED) is 0.218. The van der Waals surface area contributed by atoms with Gasteiger partial charge in [-0.05, 0) is 74.3 Å². The Hall–Kier alpha value is -3.63. The van der Waals surface area contributed by atoms with Crippen LogP contribution in [0.4, 0.5) is 17.6 Å². The fraction of sp³-hybridized carbons (Fsp3) is 0.400. The van der Waals surface area contributed by atoms with Crippen LogP contribution in [-0.4, -0.2) is 51.1 Å². The largest absolute Gasteiger partial charge is 0.573 e. The molecule has 0 bridgehead atoms. The lowest BCUT2D eigenvalue weighted by Crippen LogP contribution is -2.38. The molecule has 0 spiro atoms. The van der Waals surface area contributed by atoms with Gasteiger partial charge in [0.25, 0.3) is 5.91 Å². The number of alkyl halides is 3. The van der Waals surface area contributed by atoms with Crippen molar-refractivity contribution in [3.8, 4) is 5.75 Å². The summed E-state index contributed by atoms with van der Waals surface area (Å²) >= 11 is 0. The lowest BCUT2D eigenvalue weighted by atomic mass is 9.86. The van der Waals surface area contributed by atoms with Gasteiger partial charge in [0.2, 0.25) is 0 Å². The van der Waals surface area contributed by atoms with E-state index in [0.29, 0.717) is 68.5 Å². The number of H-pyrrole nitrogens is 1. The van der Waals surface area contributed by atoms with Crippen LogP contribution < -0.4 is 4.74 Å². The van der Waals surface area contributed by atoms with E-state index in [2.05, 4.69) is 19.9 Å². The third-order valence-corrected chi connectivity index (χ3v) is 7.00. The van der Waals surface area contributed by atoms with Crippen LogP contribution in [0.5, 0.6) is 5.75 Å². The number of oxime groups is 1. The van der Waals surface area contributed by atoms with Crippen LogP contribution in [0.15, 0.2) is 35.6 Å². The Morgan fingerprint density at radius 2 is 1.81 bits per heavy atom. The highest BCUT2D eigenvalue weighted by molar-refractivity contribution is 5.94. The molecule has 1 fully saturated rings. The molecule has 0 unspecified atom stereocenters. The summed E-state index contributed by atoms with van der Waals surface area (Å²) in [5.74, 6) is -1.18. The third-order valence-electron chi connectivity index (χ3n) is 7.00. The minimum Gasteiger partial charge on any atom is -0.411 e. The maximum absolute atomic E-state index is 15.2. The normalized spacial score (nSPS) is 18.3. The van der Waals surface area contributed by atoms with Crippen LogP contribution >= 0.6 is 0 Å². The van der Waals surface area contributed by atoms with E-state index in [0.717, 1.165) is 28.8 Å². The van der Waals surface area contributed by atoms with Crippen molar-refractivity contribution in [1.29, 1.82) is 0 Å². The Kier molecular flexibility index (Phi) is 6.31. The summed E-state index contributed by atoms with van der Waals surface area (Å²) < 4.78 is 56.1. The minimum absolute atomic E-state index is 0.115. The molecule has 36 heavy (non-hydrogen) atoms.